The minimum Gasteiger partial charge on any atom is -0.493 e. The zero-order valence-corrected chi connectivity index (χ0v) is 15.5. The molecule has 0 amide bonds. The number of hydrogen-bond donors (Lipinski definition) is 1. The first-order chi connectivity index (χ1) is 12.3. The maximum atomic E-state index is 13.0. The number of ketones is 1. The lowest BCUT2D eigenvalue weighted by atomic mass is 10.1. The molecule has 0 radical (unpaired) electrons. The third-order valence-electron chi connectivity index (χ3n) is 4.30. The van der Waals surface area contributed by atoms with Gasteiger partial charge in [-0.05, 0) is 56.2 Å². The van der Waals surface area contributed by atoms with E-state index in [4.69, 9.17) is 12.2 Å². The van der Waals surface area contributed by atoms with Crippen molar-refractivity contribution in [3.63, 3.8) is 0 Å². The van der Waals surface area contributed by atoms with Gasteiger partial charge in [0.1, 0.15) is 5.56 Å². The van der Waals surface area contributed by atoms with Crippen LogP contribution < -0.4 is 5.56 Å². The lowest BCUT2D eigenvalue weighted by Crippen LogP contribution is -2.29. The van der Waals surface area contributed by atoms with Crippen molar-refractivity contribution in [3.8, 4) is 17.3 Å². The number of carbonyl (C=O) groups excluding carboxylic acids is 1. The van der Waals surface area contributed by atoms with E-state index in [1.807, 2.05) is 38.1 Å². The molecule has 6 heteroatoms. The van der Waals surface area contributed by atoms with Crippen molar-refractivity contribution in [2.45, 2.75) is 20.8 Å². The van der Waals surface area contributed by atoms with Crippen molar-refractivity contribution in [2.24, 2.45) is 0 Å². The summed E-state index contributed by atoms with van der Waals surface area (Å²) >= 11 is 5.55. The van der Waals surface area contributed by atoms with E-state index in [0.29, 0.717) is 11.4 Å². The molecule has 26 heavy (non-hydrogen) atoms. The molecule has 132 valence electrons. The number of rotatable bonds is 3. The highest BCUT2D eigenvalue weighted by molar-refractivity contribution is 7.71. The van der Waals surface area contributed by atoms with E-state index >= 15 is 0 Å². The van der Waals surface area contributed by atoms with E-state index in [9.17, 15) is 14.7 Å². The number of para-hydroxylation sites is 2. The highest BCUT2D eigenvalue weighted by Gasteiger charge is 2.23. The molecule has 1 aromatic heterocycles. The van der Waals surface area contributed by atoms with Crippen LogP contribution in [0.2, 0.25) is 0 Å². The molecule has 0 aliphatic rings. The number of benzene rings is 2. The third-order valence-corrected chi connectivity index (χ3v) is 4.66. The van der Waals surface area contributed by atoms with Crippen molar-refractivity contribution >= 4 is 18.0 Å². The number of Topliss-reactive ketones (excluding diaryl/α,β-unsaturated/α-hetero) is 1. The van der Waals surface area contributed by atoms with Crippen molar-refractivity contribution in [2.75, 3.05) is 0 Å². The molecule has 0 aliphatic heterocycles. The van der Waals surface area contributed by atoms with Crippen LogP contribution in [0.3, 0.4) is 0 Å². The van der Waals surface area contributed by atoms with Gasteiger partial charge in [-0.3, -0.25) is 18.7 Å². The fourth-order valence-corrected chi connectivity index (χ4v) is 3.33. The van der Waals surface area contributed by atoms with E-state index < -0.39 is 17.2 Å². The highest BCUT2D eigenvalue weighted by atomic mass is 32.1. The largest absolute Gasteiger partial charge is 0.493 e. The van der Waals surface area contributed by atoms with Gasteiger partial charge in [-0.1, -0.05) is 36.4 Å². The average molecular weight is 366 g/mol. The first kappa shape index (κ1) is 17.8. The van der Waals surface area contributed by atoms with Gasteiger partial charge >= 0.3 is 0 Å². The summed E-state index contributed by atoms with van der Waals surface area (Å²) < 4.78 is 2.77. The lowest BCUT2D eigenvalue weighted by Gasteiger charge is -2.19. The second-order valence-corrected chi connectivity index (χ2v) is 6.45. The van der Waals surface area contributed by atoms with Gasteiger partial charge in [0.25, 0.3) is 5.56 Å². The van der Waals surface area contributed by atoms with Crippen LogP contribution in [0.5, 0.6) is 5.88 Å². The molecule has 5 nitrogen and oxygen atoms in total. The number of aromatic hydroxyl groups is 1. The van der Waals surface area contributed by atoms with E-state index in [0.717, 1.165) is 11.1 Å². The molecule has 0 aliphatic carbocycles. The normalized spacial score (nSPS) is 10.7. The van der Waals surface area contributed by atoms with Crippen LogP contribution in [-0.2, 0) is 0 Å². The Bertz CT molecular complexity index is 1140. The molecule has 0 fully saturated rings. The first-order valence-electron chi connectivity index (χ1n) is 8.08. The van der Waals surface area contributed by atoms with Crippen molar-refractivity contribution in [3.05, 3.63) is 80.3 Å². The molecule has 0 atom stereocenters. The summed E-state index contributed by atoms with van der Waals surface area (Å²) in [6, 6.07) is 14.6. The van der Waals surface area contributed by atoms with E-state index in [-0.39, 0.29) is 10.3 Å². The minimum atomic E-state index is -0.626. The summed E-state index contributed by atoms with van der Waals surface area (Å²) in [4.78, 5) is 25.1. The predicted molar refractivity (Wildman–Crippen MR) is 103 cm³/mol. The maximum Gasteiger partial charge on any atom is 0.273 e. The number of aromatic nitrogens is 2. The summed E-state index contributed by atoms with van der Waals surface area (Å²) in [6.45, 7) is 4.98. The molecule has 3 aromatic rings. The Kier molecular flexibility index (Phi) is 4.61. The zero-order valence-electron chi connectivity index (χ0n) is 14.7. The van der Waals surface area contributed by atoms with Crippen LogP contribution >= 0.6 is 12.2 Å². The fraction of sp³-hybridized carbons (Fsp3) is 0.150. The monoisotopic (exact) mass is 366 g/mol. The van der Waals surface area contributed by atoms with Crippen LogP contribution in [-0.4, -0.2) is 20.0 Å². The smallest absolute Gasteiger partial charge is 0.273 e. The van der Waals surface area contributed by atoms with E-state index in [1.165, 1.54) is 16.1 Å². The highest BCUT2D eigenvalue weighted by Crippen LogP contribution is 2.25. The number of aryl methyl sites for hydroxylation is 2. The van der Waals surface area contributed by atoms with Gasteiger partial charge in [0, 0.05) is 0 Å². The first-order valence-corrected chi connectivity index (χ1v) is 8.49. The minimum absolute atomic E-state index is 0.0982. The Balaban J connectivity index is 2.54. The van der Waals surface area contributed by atoms with Crippen LogP contribution in [0.25, 0.3) is 11.4 Å². The summed E-state index contributed by atoms with van der Waals surface area (Å²) in [5.74, 6) is -0.959. The zero-order chi connectivity index (χ0) is 19.0. The molecule has 1 heterocycles. The van der Waals surface area contributed by atoms with Crippen LogP contribution in [0.15, 0.2) is 53.3 Å². The molecule has 3 rings (SSSR count). The Labute approximate surface area is 155 Å². The summed E-state index contributed by atoms with van der Waals surface area (Å²) in [6.07, 6.45) is 0. The Morgan fingerprint density at radius 2 is 1.38 bits per heavy atom. The summed E-state index contributed by atoms with van der Waals surface area (Å²) in [5.41, 5.74) is 1.96. The molecular formula is C20H18N2O3S. The summed E-state index contributed by atoms with van der Waals surface area (Å²) in [7, 11) is 0. The van der Waals surface area contributed by atoms with Gasteiger partial charge in [-0.25, -0.2) is 0 Å². The van der Waals surface area contributed by atoms with Gasteiger partial charge in [0.05, 0.1) is 11.4 Å². The number of nitrogens with zero attached hydrogens (tertiary/aromatic N) is 2. The van der Waals surface area contributed by atoms with Crippen molar-refractivity contribution in [1.82, 2.24) is 9.13 Å². The number of carbonyl (C=O) groups is 1. The van der Waals surface area contributed by atoms with Crippen molar-refractivity contribution in [1.29, 1.82) is 0 Å². The van der Waals surface area contributed by atoms with E-state index in [1.54, 1.807) is 24.3 Å². The molecule has 1 N–H and O–H groups in total. The molecule has 0 spiro atoms. The topological polar surface area (TPSA) is 64.2 Å². The number of hydrogen-bond acceptors (Lipinski definition) is 4. The molecular weight excluding hydrogens is 348 g/mol. The molecule has 2 aromatic carbocycles. The molecule has 0 bridgehead atoms. The van der Waals surface area contributed by atoms with E-state index in [2.05, 4.69) is 0 Å². The van der Waals surface area contributed by atoms with Crippen LogP contribution in [0, 0.1) is 18.6 Å². The maximum absolute atomic E-state index is 13.0. The standard InChI is InChI=1S/C20H18N2O3S/c1-12-8-4-6-10-15(12)21-18(24)17(14(3)23)19(25)22(20(21)26)16-11-7-5-9-13(16)2/h4-11,24H,1-3H3. The fourth-order valence-electron chi connectivity index (χ4n) is 2.96. The summed E-state index contributed by atoms with van der Waals surface area (Å²) in [5, 5.41) is 10.7. The average Bonchev–Trinajstić information content (AvgIpc) is 2.58. The van der Waals surface area contributed by atoms with Crippen LogP contribution in [0.1, 0.15) is 28.4 Å². The van der Waals surface area contributed by atoms with Gasteiger partial charge in [-0.15, -0.1) is 0 Å². The quantitative estimate of drug-likeness (QED) is 0.564. The Morgan fingerprint density at radius 3 is 1.85 bits per heavy atom. The Morgan fingerprint density at radius 1 is 0.923 bits per heavy atom. The SMILES string of the molecule is CC(=O)c1c(O)n(-c2ccccc2C)c(=S)n(-c2ccccc2C)c1=O. The van der Waals surface area contributed by atoms with Crippen molar-refractivity contribution < 1.29 is 9.90 Å². The van der Waals surface area contributed by atoms with Gasteiger partial charge < -0.3 is 5.11 Å². The Hall–Kier alpha value is -2.99. The third kappa shape index (κ3) is 2.78. The second kappa shape index (κ2) is 6.72. The molecule has 0 saturated heterocycles. The van der Waals surface area contributed by atoms with Crippen LogP contribution in [0.4, 0.5) is 0 Å². The molecule has 0 saturated carbocycles. The molecule has 0 unspecified atom stereocenters. The van der Waals surface area contributed by atoms with Gasteiger partial charge in [0.15, 0.2) is 10.6 Å². The van der Waals surface area contributed by atoms with Gasteiger partial charge in [-0.2, -0.15) is 0 Å². The predicted octanol–water partition coefficient (Wildman–Crippen LogP) is 3.88. The second-order valence-electron chi connectivity index (χ2n) is 6.09. The van der Waals surface area contributed by atoms with Gasteiger partial charge in [0.2, 0.25) is 5.88 Å². The lowest BCUT2D eigenvalue weighted by molar-refractivity contribution is 0.101.